The van der Waals surface area contributed by atoms with Crippen LogP contribution in [-0.2, 0) is 6.42 Å². The second kappa shape index (κ2) is 14.7. The first kappa shape index (κ1) is 33.2. The summed E-state index contributed by atoms with van der Waals surface area (Å²) in [4.78, 5) is 2.64. The average molecular weight is 653 g/mol. The molecule has 0 bridgehead atoms. The normalized spacial score (nSPS) is 21.3. The van der Waals surface area contributed by atoms with Crippen LogP contribution in [0.1, 0.15) is 76.3 Å². The highest BCUT2D eigenvalue weighted by molar-refractivity contribution is 5.98. The zero-order chi connectivity index (χ0) is 34.6. The van der Waals surface area contributed by atoms with Crippen molar-refractivity contribution in [1.29, 1.82) is 0 Å². The van der Waals surface area contributed by atoms with E-state index in [1.54, 1.807) is 5.57 Å². The average Bonchev–Trinajstić information content (AvgIpc) is 3.96. The van der Waals surface area contributed by atoms with Gasteiger partial charge >= 0.3 is 0 Å². The molecule has 3 aliphatic carbocycles. The van der Waals surface area contributed by atoms with Crippen LogP contribution >= 0.6 is 0 Å². The zero-order valence-corrected chi connectivity index (χ0v) is 30.2. The summed E-state index contributed by atoms with van der Waals surface area (Å²) in [6.45, 7) is 11.0. The van der Waals surface area contributed by atoms with Crippen LogP contribution < -0.4 is 4.90 Å². The highest BCUT2D eigenvalue weighted by atomic mass is 15.2. The second-order valence-corrected chi connectivity index (χ2v) is 13.5. The molecule has 50 heavy (non-hydrogen) atoms. The predicted octanol–water partition coefficient (Wildman–Crippen LogP) is 12.9. The lowest BCUT2D eigenvalue weighted by atomic mass is 9.97. The van der Waals surface area contributed by atoms with Crippen molar-refractivity contribution in [2.75, 3.05) is 4.90 Å². The third-order valence-corrected chi connectivity index (χ3v) is 10.5. The molecule has 2 heterocycles. The van der Waals surface area contributed by atoms with Gasteiger partial charge in [-0.25, -0.2) is 0 Å². The molecule has 0 radical (unpaired) electrons. The van der Waals surface area contributed by atoms with Gasteiger partial charge in [0.25, 0.3) is 0 Å². The Morgan fingerprint density at radius 1 is 0.900 bits per heavy atom. The molecule has 2 nitrogen and oxygen atoms in total. The van der Waals surface area contributed by atoms with E-state index in [9.17, 15) is 0 Å². The Balaban J connectivity index is 0.00000193. The number of allylic oxidation sites excluding steroid dienone is 11. The van der Waals surface area contributed by atoms with Crippen LogP contribution in [0.4, 0.5) is 11.4 Å². The minimum Gasteiger partial charge on any atom is -0.338 e. The van der Waals surface area contributed by atoms with E-state index in [4.69, 9.17) is 0 Å². The fraction of sp³-hybridized carbons (Fsp3) is 0.250. The van der Waals surface area contributed by atoms with Gasteiger partial charge in [0, 0.05) is 34.1 Å². The first-order chi connectivity index (χ1) is 24.6. The third-order valence-electron chi connectivity index (χ3n) is 10.5. The van der Waals surface area contributed by atoms with Gasteiger partial charge in [0.05, 0.1) is 11.2 Å². The Labute approximate surface area is 298 Å². The Morgan fingerprint density at radius 3 is 2.60 bits per heavy atom. The second-order valence-electron chi connectivity index (χ2n) is 13.5. The third kappa shape index (κ3) is 6.30. The molecule has 0 saturated heterocycles. The van der Waals surface area contributed by atoms with Gasteiger partial charge in [0.15, 0.2) is 0 Å². The van der Waals surface area contributed by atoms with Crippen LogP contribution in [0.25, 0.3) is 34.3 Å². The maximum absolute atomic E-state index is 3.38. The lowest BCUT2D eigenvalue weighted by Crippen LogP contribution is -2.31. The van der Waals surface area contributed by atoms with Crippen molar-refractivity contribution in [3.05, 3.63) is 166 Å². The molecule has 8 rings (SSSR count). The van der Waals surface area contributed by atoms with Gasteiger partial charge in [-0.15, -0.1) is 11.5 Å². The Morgan fingerprint density at radius 2 is 1.72 bits per heavy atom. The monoisotopic (exact) mass is 652 g/mol. The Hall–Kier alpha value is -5.26. The summed E-state index contributed by atoms with van der Waals surface area (Å²) in [5.41, 5.74) is 20.7. The van der Waals surface area contributed by atoms with Crippen molar-refractivity contribution in [1.82, 2.24) is 4.57 Å². The van der Waals surface area contributed by atoms with Gasteiger partial charge in [-0.3, -0.25) is 0 Å². The minimum atomic E-state index is 0.365. The van der Waals surface area contributed by atoms with Crippen LogP contribution in [0.5, 0.6) is 0 Å². The molecule has 1 aromatic heterocycles. The van der Waals surface area contributed by atoms with Crippen molar-refractivity contribution in [3.8, 4) is 5.69 Å². The number of fused-ring (bicyclic) bond motifs is 5. The number of anilines is 2. The Kier molecular flexibility index (Phi) is 9.77. The van der Waals surface area contributed by atoms with Crippen molar-refractivity contribution in [3.63, 3.8) is 0 Å². The minimum absolute atomic E-state index is 0.365. The number of hydrogen-bond acceptors (Lipinski definition) is 1. The van der Waals surface area contributed by atoms with E-state index in [0.29, 0.717) is 17.9 Å². The molecule has 3 atom stereocenters. The number of nitrogens with zero attached hydrogens (tertiary/aromatic N) is 2. The lowest BCUT2D eigenvalue weighted by molar-refractivity contribution is 0.601. The van der Waals surface area contributed by atoms with Gasteiger partial charge in [-0.05, 0) is 134 Å². The fourth-order valence-electron chi connectivity index (χ4n) is 7.97. The van der Waals surface area contributed by atoms with Crippen LogP contribution in [0.3, 0.4) is 0 Å². The van der Waals surface area contributed by atoms with E-state index >= 15 is 0 Å². The van der Waals surface area contributed by atoms with E-state index < -0.39 is 0 Å². The standard InChI is InChI=1S/C46H42N2.C2H6/c1-4-5-16-32(2)39-27-25-35-19-13-14-23-44(35)47(33(3)41-31-42(39)41)37-20-15-21-38(30-37)48-45-24-12-8-11-22-40(45)43-29-36(26-28-46(43)48)34-17-9-6-7-10-18-34;1-2/h6-9,12-24,26-30,33,41-42H,4-5,25,31H2,1-3H3;1-2H3/b32-16+,39-27-;. The Bertz CT molecular complexity index is 2210. The van der Waals surface area contributed by atoms with Crippen molar-refractivity contribution in [2.45, 2.75) is 66.3 Å². The first-order valence-electron chi connectivity index (χ1n) is 18.5. The molecule has 2 heteroatoms. The number of aromatic nitrogens is 1. The first-order valence-corrected chi connectivity index (χ1v) is 18.5. The summed E-state index contributed by atoms with van der Waals surface area (Å²) in [6.07, 6.45) is 28.3. The van der Waals surface area contributed by atoms with Gasteiger partial charge < -0.3 is 9.47 Å². The number of hydrogen-bond donors (Lipinski definition) is 0. The van der Waals surface area contributed by atoms with Gasteiger partial charge in [-0.1, -0.05) is 99.6 Å². The fourth-order valence-corrected chi connectivity index (χ4v) is 7.97. The molecule has 3 aromatic carbocycles. The molecule has 4 aliphatic rings. The molecule has 250 valence electrons. The van der Waals surface area contributed by atoms with E-state index in [1.165, 1.54) is 68.8 Å². The number of para-hydroxylation sites is 1. The van der Waals surface area contributed by atoms with Gasteiger partial charge in [0.1, 0.15) is 0 Å². The maximum atomic E-state index is 3.38. The maximum Gasteiger partial charge on any atom is 0.0547 e. The molecule has 1 aliphatic heterocycles. The summed E-state index contributed by atoms with van der Waals surface area (Å²) >= 11 is 0. The molecule has 0 N–H and O–H groups in total. The molecular weight excluding hydrogens is 605 g/mol. The quantitative estimate of drug-likeness (QED) is 0.188. The van der Waals surface area contributed by atoms with Crippen LogP contribution in [0.2, 0.25) is 0 Å². The van der Waals surface area contributed by atoms with Crippen LogP contribution in [0, 0.1) is 11.8 Å². The lowest BCUT2D eigenvalue weighted by Gasteiger charge is -2.34. The highest BCUT2D eigenvalue weighted by Crippen LogP contribution is 2.53. The summed E-state index contributed by atoms with van der Waals surface area (Å²) in [5, 5.41) is 1.22. The van der Waals surface area contributed by atoms with Gasteiger partial charge in [0.2, 0.25) is 0 Å². The highest BCUT2D eigenvalue weighted by Gasteiger charge is 2.46. The van der Waals surface area contributed by atoms with Gasteiger partial charge in [-0.2, -0.15) is 0 Å². The predicted molar refractivity (Wildman–Crippen MR) is 216 cm³/mol. The summed E-state index contributed by atoms with van der Waals surface area (Å²) in [5.74, 6) is 1.25. The molecule has 0 spiro atoms. The van der Waals surface area contributed by atoms with Crippen molar-refractivity contribution in [2.24, 2.45) is 11.8 Å². The number of rotatable bonds is 6. The largest absolute Gasteiger partial charge is 0.338 e. The smallest absolute Gasteiger partial charge is 0.0547 e. The molecule has 4 aromatic rings. The van der Waals surface area contributed by atoms with E-state index in [2.05, 4.69) is 157 Å². The topological polar surface area (TPSA) is 8.17 Å². The van der Waals surface area contributed by atoms with E-state index in [0.717, 1.165) is 18.4 Å². The van der Waals surface area contributed by atoms with Crippen LogP contribution in [0.15, 0.2) is 144 Å². The zero-order valence-electron chi connectivity index (χ0n) is 30.2. The van der Waals surface area contributed by atoms with Crippen molar-refractivity contribution < 1.29 is 0 Å². The van der Waals surface area contributed by atoms with E-state index in [-0.39, 0.29) is 0 Å². The number of benzene rings is 3. The SMILES string of the molecule is CC.CCC/C=C(C)/C1=C/Cc2ccccc2N(c2cccc(-n3c4c(c5cc(C6=CC=CC=C=C6)ccc53)C=C=CC=C4)c2)C(C)C2CC12. The summed E-state index contributed by atoms with van der Waals surface area (Å²) in [6, 6.07) is 25.4. The van der Waals surface area contributed by atoms with E-state index in [1.807, 2.05) is 32.1 Å². The summed E-state index contributed by atoms with van der Waals surface area (Å²) in [7, 11) is 0. The number of unbranched alkanes of at least 4 members (excludes halogenated alkanes) is 1. The van der Waals surface area contributed by atoms with Crippen LogP contribution in [-0.4, -0.2) is 10.6 Å². The summed E-state index contributed by atoms with van der Waals surface area (Å²) < 4.78 is 2.43. The molecule has 1 fully saturated rings. The molecule has 0 amide bonds. The van der Waals surface area contributed by atoms with Crippen molar-refractivity contribution >= 4 is 40.0 Å². The molecule has 1 saturated carbocycles. The molecular formula is C48H48N2. The molecule has 3 unspecified atom stereocenters.